The van der Waals surface area contributed by atoms with Crippen LogP contribution in [0.4, 0.5) is 0 Å². The van der Waals surface area contributed by atoms with Crippen LogP contribution < -0.4 is 5.32 Å². The first-order valence-electron chi connectivity index (χ1n) is 8.77. The first-order valence-corrected chi connectivity index (χ1v) is 11.0. The van der Waals surface area contributed by atoms with Gasteiger partial charge in [0.15, 0.2) is 0 Å². The van der Waals surface area contributed by atoms with Gasteiger partial charge in [0.1, 0.15) is 16.4 Å². The van der Waals surface area contributed by atoms with Gasteiger partial charge >= 0.3 is 0 Å². The molecule has 0 aliphatic rings. The second-order valence-corrected chi connectivity index (χ2v) is 9.20. The van der Waals surface area contributed by atoms with Crippen LogP contribution in [-0.4, -0.2) is 46.3 Å². The van der Waals surface area contributed by atoms with Gasteiger partial charge in [-0.05, 0) is 24.3 Å². The van der Waals surface area contributed by atoms with Gasteiger partial charge < -0.3 is 5.32 Å². The second-order valence-electron chi connectivity index (χ2n) is 5.87. The molecule has 3 rings (SSSR count). The Hall–Kier alpha value is -2.56. The molecule has 0 saturated carbocycles. The van der Waals surface area contributed by atoms with Crippen molar-refractivity contribution >= 4 is 27.3 Å². The van der Waals surface area contributed by atoms with Crippen molar-refractivity contribution in [1.29, 1.82) is 0 Å². The number of imidazole rings is 1. The van der Waals surface area contributed by atoms with Crippen molar-refractivity contribution in [2.75, 3.05) is 13.1 Å². The van der Waals surface area contributed by atoms with Crippen LogP contribution in [0.1, 0.15) is 29.1 Å². The third-order valence-electron chi connectivity index (χ3n) is 4.14. The maximum atomic E-state index is 12.5. The highest BCUT2D eigenvalue weighted by Crippen LogP contribution is 2.24. The van der Waals surface area contributed by atoms with Gasteiger partial charge in [-0.25, -0.2) is 18.4 Å². The van der Waals surface area contributed by atoms with E-state index in [9.17, 15) is 13.2 Å². The third-order valence-corrected chi connectivity index (χ3v) is 7.74. The zero-order chi connectivity index (χ0) is 20.1. The first kappa shape index (κ1) is 20.2. The number of thiophene rings is 1. The Morgan fingerprint density at radius 2 is 2.00 bits per heavy atom. The fourth-order valence-electron chi connectivity index (χ4n) is 2.62. The first-order chi connectivity index (χ1) is 13.5. The number of sulfonamides is 1. The van der Waals surface area contributed by atoms with Gasteiger partial charge in [0, 0.05) is 36.6 Å². The molecule has 0 unspecified atom stereocenters. The summed E-state index contributed by atoms with van der Waals surface area (Å²) in [5, 5.41) is 2.80. The Bertz CT molecular complexity index is 1020. The minimum Gasteiger partial charge on any atom is -0.347 e. The third kappa shape index (κ3) is 4.29. The number of hydrogen-bond acceptors (Lipinski definition) is 6. The molecule has 10 heteroatoms. The van der Waals surface area contributed by atoms with Crippen molar-refractivity contribution in [3.8, 4) is 5.82 Å². The molecular formula is C18H21N5O3S2. The van der Waals surface area contributed by atoms with Crippen molar-refractivity contribution in [3.05, 3.63) is 59.6 Å². The Morgan fingerprint density at radius 1 is 1.21 bits per heavy atom. The fourth-order valence-corrected chi connectivity index (χ4v) is 5.53. The Balaban J connectivity index is 1.63. The molecule has 1 amide bonds. The van der Waals surface area contributed by atoms with Crippen LogP contribution in [0.3, 0.4) is 0 Å². The zero-order valence-electron chi connectivity index (χ0n) is 15.6. The molecule has 8 nitrogen and oxygen atoms in total. The summed E-state index contributed by atoms with van der Waals surface area (Å²) in [5.74, 6) is 0.393. The molecule has 3 aromatic heterocycles. The number of carbonyl (C=O) groups excluding carboxylic acids is 1. The molecule has 148 valence electrons. The molecule has 0 bridgehead atoms. The summed E-state index contributed by atoms with van der Waals surface area (Å²) >= 11 is 1.17. The van der Waals surface area contributed by atoms with Gasteiger partial charge in [-0.1, -0.05) is 13.8 Å². The lowest BCUT2D eigenvalue weighted by Gasteiger charge is -2.16. The Labute approximate surface area is 167 Å². The maximum absolute atomic E-state index is 12.5. The van der Waals surface area contributed by atoms with Gasteiger partial charge in [0.05, 0.1) is 12.1 Å². The number of nitrogens with one attached hydrogen (secondary N) is 1. The highest BCUT2D eigenvalue weighted by molar-refractivity contribution is 7.91. The van der Waals surface area contributed by atoms with Crippen molar-refractivity contribution in [2.24, 2.45) is 0 Å². The summed E-state index contributed by atoms with van der Waals surface area (Å²) < 4.78 is 28.5. The molecule has 28 heavy (non-hydrogen) atoms. The van der Waals surface area contributed by atoms with E-state index in [0.29, 0.717) is 24.5 Å². The highest BCUT2D eigenvalue weighted by Gasteiger charge is 2.23. The molecular weight excluding hydrogens is 398 g/mol. The molecule has 0 radical (unpaired) electrons. The average Bonchev–Trinajstić information content (AvgIpc) is 3.39. The number of amides is 1. The van der Waals surface area contributed by atoms with Crippen LogP contribution in [-0.2, 0) is 16.6 Å². The Morgan fingerprint density at radius 3 is 2.61 bits per heavy atom. The van der Waals surface area contributed by atoms with E-state index < -0.39 is 10.0 Å². The number of pyridine rings is 1. The van der Waals surface area contributed by atoms with Crippen LogP contribution in [0, 0.1) is 0 Å². The molecule has 0 spiro atoms. The lowest BCUT2D eigenvalue weighted by atomic mass is 10.2. The van der Waals surface area contributed by atoms with Gasteiger partial charge in [0.25, 0.3) is 15.9 Å². The van der Waals surface area contributed by atoms with Crippen LogP contribution in [0.25, 0.3) is 5.82 Å². The summed E-state index contributed by atoms with van der Waals surface area (Å²) in [7, 11) is -3.48. The maximum Gasteiger partial charge on any atom is 0.253 e. The minimum absolute atomic E-state index is 0.251. The van der Waals surface area contributed by atoms with Crippen LogP contribution >= 0.6 is 11.3 Å². The van der Waals surface area contributed by atoms with Gasteiger partial charge in [0.2, 0.25) is 0 Å². The Kier molecular flexibility index (Phi) is 6.22. The van der Waals surface area contributed by atoms with Gasteiger partial charge in [-0.15, -0.1) is 11.3 Å². The number of carbonyl (C=O) groups is 1. The number of rotatable bonds is 8. The number of nitrogens with zero attached hydrogens (tertiary/aromatic N) is 4. The standard InChI is InChI=1S/C18H21N5O3S2/c1-3-23(4-2)28(25,26)17-8-6-15(27-17)12-21-18(24)14-5-7-16(20-11-14)22-10-9-19-13-22/h5-11,13H,3-4,12H2,1-2H3,(H,21,24). The fraction of sp³-hybridized carbons (Fsp3) is 0.278. The van der Waals surface area contributed by atoms with Crippen molar-refractivity contribution < 1.29 is 13.2 Å². The molecule has 0 saturated heterocycles. The summed E-state index contributed by atoms with van der Waals surface area (Å²) in [5.41, 5.74) is 0.427. The summed E-state index contributed by atoms with van der Waals surface area (Å²) in [6.45, 7) is 4.71. The van der Waals surface area contributed by atoms with E-state index in [0.717, 1.165) is 4.88 Å². The summed E-state index contributed by atoms with van der Waals surface area (Å²) in [6, 6.07) is 6.72. The van der Waals surface area contributed by atoms with Gasteiger partial charge in [-0.2, -0.15) is 4.31 Å². The van der Waals surface area contributed by atoms with E-state index in [1.807, 2.05) is 13.8 Å². The molecule has 3 heterocycles. The van der Waals surface area contributed by atoms with Gasteiger partial charge in [-0.3, -0.25) is 9.36 Å². The quantitative estimate of drug-likeness (QED) is 0.604. The zero-order valence-corrected chi connectivity index (χ0v) is 17.2. The predicted octanol–water partition coefficient (Wildman–Crippen LogP) is 2.29. The van der Waals surface area contributed by atoms with Crippen molar-refractivity contribution in [1.82, 2.24) is 24.2 Å². The minimum atomic E-state index is -3.48. The van der Waals surface area contributed by atoms with Crippen molar-refractivity contribution in [3.63, 3.8) is 0 Å². The normalized spacial score (nSPS) is 11.7. The SMILES string of the molecule is CCN(CC)S(=O)(=O)c1ccc(CNC(=O)c2ccc(-n3ccnc3)nc2)s1. The second kappa shape index (κ2) is 8.63. The van der Waals surface area contributed by atoms with Crippen LogP contribution in [0.2, 0.25) is 0 Å². The average molecular weight is 420 g/mol. The molecule has 0 aliphatic heterocycles. The molecule has 0 atom stereocenters. The monoisotopic (exact) mass is 419 g/mol. The summed E-state index contributed by atoms with van der Waals surface area (Å²) in [4.78, 5) is 21.3. The lowest BCUT2D eigenvalue weighted by Crippen LogP contribution is -2.30. The highest BCUT2D eigenvalue weighted by atomic mass is 32.2. The summed E-state index contributed by atoms with van der Waals surface area (Å²) in [6.07, 6.45) is 6.54. The van der Waals surface area contributed by atoms with E-state index >= 15 is 0 Å². The molecule has 3 aromatic rings. The smallest absolute Gasteiger partial charge is 0.253 e. The molecule has 0 aromatic carbocycles. The lowest BCUT2D eigenvalue weighted by molar-refractivity contribution is 0.0951. The molecule has 0 fully saturated rings. The van der Waals surface area contributed by atoms with Crippen LogP contribution in [0.15, 0.2) is 53.4 Å². The van der Waals surface area contributed by atoms with Crippen molar-refractivity contribution in [2.45, 2.75) is 24.6 Å². The predicted molar refractivity (Wildman–Crippen MR) is 107 cm³/mol. The number of hydrogen-bond donors (Lipinski definition) is 1. The van der Waals surface area contributed by atoms with E-state index in [4.69, 9.17) is 0 Å². The number of aromatic nitrogens is 3. The van der Waals surface area contributed by atoms with E-state index in [2.05, 4.69) is 15.3 Å². The van der Waals surface area contributed by atoms with E-state index in [-0.39, 0.29) is 16.7 Å². The van der Waals surface area contributed by atoms with Crippen LogP contribution in [0.5, 0.6) is 0 Å². The largest absolute Gasteiger partial charge is 0.347 e. The van der Waals surface area contributed by atoms with E-state index in [1.165, 1.54) is 21.8 Å². The molecule has 0 aliphatic carbocycles. The van der Waals surface area contributed by atoms with E-state index in [1.54, 1.807) is 47.6 Å². The topological polar surface area (TPSA) is 97.2 Å². The molecule has 1 N–H and O–H groups in total.